The molecule has 28 heavy (non-hydrogen) atoms. The van der Waals surface area contributed by atoms with Gasteiger partial charge in [-0.1, -0.05) is 36.2 Å². The Kier molecular flexibility index (Phi) is 8.08. The number of carbonyl (C=O) groups is 2. The zero-order chi connectivity index (χ0) is 20.7. The lowest BCUT2D eigenvalue weighted by Gasteiger charge is -2.30. The van der Waals surface area contributed by atoms with Gasteiger partial charge in [0.1, 0.15) is 17.6 Å². The molecule has 0 aromatic heterocycles. The van der Waals surface area contributed by atoms with E-state index in [2.05, 4.69) is 5.32 Å². The van der Waals surface area contributed by atoms with Crippen LogP contribution >= 0.6 is 23.2 Å². The van der Waals surface area contributed by atoms with Gasteiger partial charge in [-0.2, -0.15) is 0 Å². The second kappa shape index (κ2) is 10.3. The van der Waals surface area contributed by atoms with Gasteiger partial charge in [-0.3, -0.25) is 9.59 Å². The third kappa shape index (κ3) is 5.59. The molecule has 2 rings (SSSR count). The molecule has 1 N–H and O–H groups in total. The molecule has 8 heteroatoms. The molecule has 150 valence electrons. The van der Waals surface area contributed by atoms with Crippen LogP contribution in [0.5, 0.6) is 5.75 Å². The molecular formula is C20H21Cl2FN2O3. The van der Waals surface area contributed by atoms with Gasteiger partial charge in [0, 0.05) is 29.2 Å². The number of benzene rings is 2. The fraction of sp³-hybridized carbons (Fsp3) is 0.300. The molecule has 0 fully saturated rings. The predicted molar refractivity (Wildman–Crippen MR) is 107 cm³/mol. The molecule has 0 heterocycles. The van der Waals surface area contributed by atoms with Crippen LogP contribution in [0.3, 0.4) is 0 Å². The summed E-state index contributed by atoms with van der Waals surface area (Å²) in [6.45, 7) is 1.53. The van der Waals surface area contributed by atoms with E-state index in [1.807, 2.05) is 0 Å². The van der Waals surface area contributed by atoms with E-state index in [4.69, 9.17) is 27.9 Å². The summed E-state index contributed by atoms with van der Waals surface area (Å²) < 4.78 is 18.5. The van der Waals surface area contributed by atoms with Crippen LogP contribution in [0, 0.1) is 5.82 Å². The lowest BCUT2D eigenvalue weighted by Crippen LogP contribution is -2.49. The van der Waals surface area contributed by atoms with Crippen LogP contribution in [-0.4, -0.2) is 36.4 Å². The third-order valence-corrected chi connectivity index (χ3v) is 4.91. The van der Waals surface area contributed by atoms with Gasteiger partial charge in [0.15, 0.2) is 6.61 Å². The van der Waals surface area contributed by atoms with Crippen LogP contribution < -0.4 is 10.1 Å². The summed E-state index contributed by atoms with van der Waals surface area (Å²) in [5.41, 5.74) is 0.545. The van der Waals surface area contributed by atoms with Crippen LogP contribution in [0.15, 0.2) is 42.5 Å². The maximum atomic E-state index is 13.0. The number of rotatable bonds is 8. The topological polar surface area (TPSA) is 58.6 Å². The van der Waals surface area contributed by atoms with E-state index in [1.165, 1.54) is 36.2 Å². The smallest absolute Gasteiger partial charge is 0.261 e. The first-order chi connectivity index (χ1) is 13.4. The quantitative estimate of drug-likeness (QED) is 0.691. The fourth-order valence-corrected chi connectivity index (χ4v) is 3.22. The molecule has 0 saturated heterocycles. The SMILES string of the molecule is CC[C@H](C(=O)NC)N(Cc1c(Cl)cccc1Cl)C(=O)COc1ccc(F)cc1. The van der Waals surface area contributed by atoms with Crippen LogP contribution in [0.25, 0.3) is 0 Å². The minimum atomic E-state index is -0.721. The number of hydrogen-bond acceptors (Lipinski definition) is 3. The maximum Gasteiger partial charge on any atom is 0.261 e. The van der Waals surface area contributed by atoms with Crippen molar-refractivity contribution in [3.63, 3.8) is 0 Å². The number of carbonyl (C=O) groups excluding carboxylic acids is 2. The summed E-state index contributed by atoms with van der Waals surface area (Å²) in [7, 11) is 1.51. The highest BCUT2D eigenvalue weighted by atomic mass is 35.5. The molecule has 1 atom stereocenters. The molecule has 0 spiro atoms. The van der Waals surface area contributed by atoms with Gasteiger partial charge in [0.05, 0.1) is 0 Å². The van der Waals surface area contributed by atoms with Gasteiger partial charge < -0.3 is 15.0 Å². The highest BCUT2D eigenvalue weighted by Gasteiger charge is 2.29. The van der Waals surface area contributed by atoms with E-state index in [0.717, 1.165) is 0 Å². The molecule has 2 aromatic rings. The first-order valence-electron chi connectivity index (χ1n) is 8.69. The number of nitrogens with zero attached hydrogens (tertiary/aromatic N) is 1. The molecule has 0 aliphatic carbocycles. The van der Waals surface area contributed by atoms with Gasteiger partial charge in [-0.05, 0) is 42.8 Å². The minimum Gasteiger partial charge on any atom is -0.484 e. The zero-order valence-corrected chi connectivity index (χ0v) is 17.1. The molecule has 0 bridgehead atoms. The van der Waals surface area contributed by atoms with Crippen molar-refractivity contribution in [2.45, 2.75) is 25.9 Å². The largest absolute Gasteiger partial charge is 0.484 e. The Bertz CT molecular complexity index is 810. The van der Waals surface area contributed by atoms with E-state index in [0.29, 0.717) is 27.8 Å². The minimum absolute atomic E-state index is 0.0516. The second-order valence-electron chi connectivity index (χ2n) is 6.00. The average Bonchev–Trinajstić information content (AvgIpc) is 2.69. The number of halogens is 3. The Labute approximate surface area is 173 Å². The Morgan fingerprint density at radius 1 is 1.14 bits per heavy atom. The highest BCUT2D eigenvalue weighted by molar-refractivity contribution is 6.36. The number of likely N-dealkylation sites (N-methyl/N-ethyl adjacent to an activating group) is 1. The molecule has 0 saturated carbocycles. The van der Waals surface area contributed by atoms with E-state index in [9.17, 15) is 14.0 Å². The molecule has 2 amide bonds. The van der Waals surface area contributed by atoms with Crippen molar-refractivity contribution in [1.29, 1.82) is 0 Å². The van der Waals surface area contributed by atoms with Gasteiger partial charge in [-0.25, -0.2) is 4.39 Å². The number of hydrogen-bond donors (Lipinski definition) is 1. The van der Waals surface area contributed by atoms with Gasteiger partial charge in [0.25, 0.3) is 5.91 Å². The average molecular weight is 427 g/mol. The maximum absolute atomic E-state index is 13.0. The van der Waals surface area contributed by atoms with E-state index in [-0.39, 0.29) is 19.1 Å². The second-order valence-corrected chi connectivity index (χ2v) is 6.82. The Morgan fingerprint density at radius 2 is 1.75 bits per heavy atom. The molecule has 0 radical (unpaired) electrons. The third-order valence-electron chi connectivity index (χ3n) is 4.20. The molecule has 0 unspecified atom stereocenters. The predicted octanol–water partition coefficient (Wildman–Crippen LogP) is 4.06. The van der Waals surface area contributed by atoms with Crippen molar-refractivity contribution in [3.8, 4) is 5.75 Å². The summed E-state index contributed by atoms with van der Waals surface area (Å²) in [5, 5.41) is 3.36. The van der Waals surface area contributed by atoms with E-state index in [1.54, 1.807) is 25.1 Å². The first kappa shape index (κ1) is 22.0. The van der Waals surface area contributed by atoms with Crippen LogP contribution in [-0.2, 0) is 16.1 Å². The summed E-state index contributed by atoms with van der Waals surface area (Å²) in [5.74, 6) is -0.783. The Balaban J connectivity index is 2.24. The summed E-state index contributed by atoms with van der Waals surface area (Å²) in [6, 6.07) is 9.64. The van der Waals surface area contributed by atoms with Crippen LogP contribution in [0.2, 0.25) is 10.0 Å². The van der Waals surface area contributed by atoms with Crippen molar-refractivity contribution >= 4 is 35.0 Å². The zero-order valence-electron chi connectivity index (χ0n) is 15.5. The van der Waals surface area contributed by atoms with Crippen LogP contribution in [0.1, 0.15) is 18.9 Å². The van der Waals surface area contributed by atoms with Crippen molar-refractivity contribution in [3.05, 3.63) is 63.9 Å². The monoisotopic (exact) mass is 426 g/mol. The lowest BCUT2D eigenvalue weighted by atomic mass is 10.1. The van der Waals surface area contributed by atoms with Crippen molar-refractivity contribution in [2.75, 3.05) is 13.7 Å². The standard InChI is InChI=1S/C20H21Cl2FN2O3/c1-3-18(20(27)24-2)25(11-15-16(21)5-4-6-17(15)22)19(26)12-28-14-9-7-13(23)8-10-14/h4-10,18H,3,11-12H2,1-2H3,(H,24,27)/t18-/m1/s1. The summed E-state index contributed by atoms with van der Waals surface area (Å²) in [4.78, 5) is 26.6. The van der Waals surface area contributed by atoms with Crippen molar-refractivity contribution in [1.82, 2.24) is 10.2 Å². The number of nitrogens with one attached hydrogen (secondary N) is 1. The molecule has 0 aliphatic heterocycles. The van der Waals surface area contributed by atoms with Crippen molar-refractivity contribution < 1.29 is 18.7 Å². The molecular weight excluding hydrogens is 406 g/mol. The van der Waals surface area contributed by atoms with Gasteiger partial charge >= 0.3 is 0 Å². The Hall–Kier alpha value is -2.31. The Morgan fingerprint density at radius 3 is 2.29 bits per heavy atom. The number of amides is 2. The summed E-state index contributed by atoms with van der Waals surface area (Å²) >= 11 is 12.5. The molecule has 2 aromatic carbocycles. The highest BCUT2D eigenvalue weighted by Crippen LogP contribution is 2.27. The molecule has 0 aliphatic rings. The van der Waals surface area contributed by atoms with Gasteiger partial charge in [-0.15, -0.1) is 0 Å². The van der Waals surface area contributed by atoms with Crippen LogP contribution in [0.4, 0.5) is 4.39 Å². The number of ether oxygens (including phenoxy) is 1. The lowest BCUT2D eigenvalue weighted by molar-refractivity contribution is -0.142. The fourth-order valence-electron chi connectivity index (χ4n) is 2.70. The molecule has 5 nitrogen and oxygen atoms in total. The van der Waals surface area contributed by atoms with Gasteiger partial charge in [0.2, 0.25) is 5.91 Å². The first-order valence-corrected chi connectivity index (χ1v) is 9.45. The summed E-state index contributed by atoms with van der Waals surface area (Å²) in [6.07, 6.45) is 0.393. The normalized spacial score (nSPS) is 11.6. The van der Waals surface area contributed by atoms with Crippen molar-refractivity contribution in [2.24, 2.45) is 0 Å². The van der Waals surface area contributed by atoms with E-state index >= 15 is 0 Å². The van der Waals surface area contributed by atoms with E-state index < -0.39 is 17.8 Å².